The fraction of sp³-hybridized carbons (Fsp3) is 0.444. The van der Waals surface area contributed by atoms with E-state index < -0.39 is 0 Å². The average molecular weight is 377 g/mol. The van der Waals surface area contributed by atoms with E-state index in [4.69, 9.17) is 11.6 Å². The fourth-order valence-electron chi connectivity index (χ4n) is 0.795. The lowest BCUT2D eigenvalue weighted by Crippen LogP contribution is -2.02. The van der Waals surface area contributed by atoms with Crippen LogP contribution in [0.2, 0.25) is 0 Å². The lowest BCUT2D eigenvalue weighted by atomic mass is 10.1. The van der Waals surface area contributed by atoms with Gasteiger partial charge in [0, 0.05) is 11.8 Å². The summed E-state index contributed by atoms with van der Waals surface area (Å²) in [6.07, 6.45) is 3.48. The Labute approximate surface area is 106 Å². The highest BCUT2D eigenvalue weighted by Gasteiger charge is 2.07. The molecule has 0 radical (unpaired) electrons. The third-order valence-electron chi connectivity index (χ3n) is 1.40. The van der Waals surface area contributed by atoms with E-state index in [1.807, 2.05) is 0 Å². The number of halogens is 3. The monoisotopic (exact) mass is 376 g/mol. The third-order valence-corrected chi connectivity index (χ3v) is 2.47. The minimum absolute atomic E-state index is 0.0251. The molecule has 0 amide bonds. The summed E-state index contributed by atoms with van der Waals surface area (Å²) in [7, 11) is 0. The van der Waals surface area contributed by atoms with Crippen molar-refractivity contribution in [3.8, 4) is 0 Å². The van der Waals surface area contributed by atoms with Crippen LogP contribution in [0.15, 0.2) is 21.2 Å². The van der Waals surface area contributed by atoms with Crippen molar-refractivity contribution in [2.45, 2.75) is 24.6 Å². The van der Waals surface area contributed by atoms with Crippen LogP contribution in [0.5, 0.6) is 0 Å². The molecule has 0 saturated heterocycles. The minimum Gasteiger partial charge on any atom is -0.295 e. The third kappa shape index (κ3) is 8.97. The van der Waals surface area contributed by atoms with Crippen molar-refractivity contribution in [3.63, 3.8) is 0 Å². The predicted molar refractivity (Wildman–Crippen MR) is 69.7 cm³/mol. The van der Waals surface area contributed by atoms with Gasteiger partial charge in [-0.05, 0) is 50.1 Å². The normalized spacial score (nSPS) is 13.2. The van der Waals surface area contributed by atoms with Gasteiger partial charge in [0.15, 0.2) is 5.78 Å². The van der Waals surface area contributed by atoms with E-state index in [2.05, 4.69) is 45.1 Å². The van der Waals surface area contributed by atoms with Crippen molar-refractivity contribution in [1.82, 2.24) is 0 Å². The molecule has 1 nitrogen and oxygen atoms in total. The van der Waals surface area contributed by atoms with Crippen molar-refractivity contribution >= 4 is 55.9 Å². The van der Waals surface area contributed by atoms with Crippen LogP contribution in [0.4, 0.5) is 0 Å². The minimum atomic E-state index is 0.0251. The van der Waals surface area contributed by atoms with Crippen LogP contribution in [0, 0.1) is 0 Å². The Kier molecular flexibility index (Phi) is 8.40. The zero-order valence-electron chi connectivity index (χ0n) is 7.10. The summed E-state index contributed by atoms with van der Waals surface area (Å²) in [6, 6.07) is 0. The maximum atomic E-state index is 11.0. The summed E-state index contributed by atoms with van der Waals surface area (Å²) >= 11 is 11.2. The van der Waals surface area contributed by atoms with E-state index in [1.165, 1.54) is 6.08 Å². The van der Waals surface area contributed by atoms with Crippen molar-refractivity contribution in [2.24, 2.45) is 0 Å². The maximum Gasteiger partial charge on any atom is 0.156 e. The molecule has 0 N–H and O–H groups in total. The van der Waals surface area contributed by atoms with Gasteiger partial charge in [-0.1, -0.05) is 22.5 Å². The van der Waals surface area contributed by atoms with Crippen LogP contribution in [0.3, 0.4) is 0 Å². The lowest BCUT2D eigenvalue weighted by Gasteiger charge is -2.05. The highest BCUT2D eigenvalue weighted by atomic mass is 127. The maximum absolute atomic E-state index is 11.0. The van der Waals surface area contributed by atoms with Crippen molar-refractivity contribution in [3.05, 3.63) is 21.2 Å². The van der Waals surface area contributed by atoms with Crippen LogP contribution < -0.4 is 0 Å². The van der Waals surface area contributed by atoms with E-state index in [-0.39, 0.29) is 11.2 Å². The molecule has 74 valence electrons. The van der Waals surface area contributed by atoms with Crippen molar-refractivity contribution < 1.29 is 4.79 Å². The largest absolute Gasteiger partial charge is 0.295 e. The first-order valence-corrected chi connectivity index (χ1v) is 6.26. The predicted octanol–water partition coefficient (Wildman–Crippen LogP) is 4.19. The molecule has 0 spiro atoms. The van der Waals surface area contributed by atoms with Crippen molar-refractivity contribution in [1.29, 1.82) is 0 Å². The highest BCUT2D eigenvalue weighted by Crippen LogP contribution is 2.19. The zero-order valence-corrected chi connectivity index (χ0v) is 11.6. The first-order chi connectivity index (χ1) is 6.06. The topological polar surface area (TPSA) is 17.1 Å². The molecule has 0 aliphatic heterocycles. The summed E-state index contributed by atoms with van der Waals surface area (Å²) in [5, 5.41) is 0.0251. The molecule has 0 rings (SSSR count). The molecule has 4 heteroatoms. The summed E-state index contributed by atoms with van der Waals surface area (Å²) in [5.74, 6) is 0.0987. The number of carbonyl (C=O) groups is 1. The summed E-state index contributed by atoms with van der Waals surface area (Å²) in [5.41, 5.74) is 0. The SMILES string of the molecule is C=C(I)CC(Cl)CCC(=O)C=CBr. The number of hydrogen-bond acceptors (Lipinski definition) is 1. The van der Waals surface area contributed by atoms with E-state index in [9.17, 15) is 4.79 Å². The molecule has 0 saturated carbocycles. The molecule has 0 aromatic heterocycles. The van der Waals surface area contributed by atoms with Gasteiger partial charge < -0.3 is 0 Å². The summed E-state index contributed by atoms with van der Waals surface area (Å²) < 4.78 is 1.03. The van der Waals surface area contributed by atoms with Gasteiger partial charge in [-0.3, -0.25) is 4.79 Å². The Balaban J connectivity index is 3.63. The van der Waals surface area contributed by atoms with E-state index >= 15 is 0 Å². The first-order valence-electron chi connectivity index (χ1n) is 3.83. The van der Waals surface area contributed by atoms with Gasteiger partial charge >= 0.3 is 0 Å². The van der Waals surface area contributed by atoms with Crippen LogP contribution in [0.25, 0.3) is 0 Å². The number of allylic oxidation sites excluding steroid dienone is 2. The standard InChI is InChI=1S/C9H11BrClIO/c1-7(12)6-8(11)2-3-9(13)4-5-10/h4-5,8H,1-3,6H2. The molecule has 0 aromatic carbocycles. The average Bonchev–Trinajstić information content (AvgIpc) is 2.00. The van der Waals surface area contributed by atoms with Gasteiger partial charge in [0.25, 0.3) is 0 Å². The molecule has 0 bridgehead atoms. The molecular weight excluding hydrogens is 366 g/mol. The van der Waals surface area contributed by atoms with Gasteiger partial charge in [-0.15, -0.1) is 11.6 Å². The Bertz CT molecular complexity index is 216. The van der Waals surface area contributed by atoms with E-state index in [1.54, 1.807) is 4.99 Å². The van der Waals surface area contributed by atoms with Crippen LogP contribution in [-0.4, -0.2) is 11.2 Å². The number of carbonyl (C=O) groups excluding carboxylic acids is 1. The Morgan fingerprint density at radius 2 is 2.31 bits per heavy atom. The quantitative estimate of drug-likeness (QED) is 0.385. The molecule has 1 atom stereocenters. The van der Waals surface area contributed by atoms with Gasteiger partial charge in [0.2, 0.25) is 0 Å². The van der Waals surface area contributed by atoms with E-state index in [0.29, 0.717) is 12.8 Å². The van der Waals surface area contributed by atoms with Crippen LogP contribution >= 0.6 is 50.1 Å². The highest BCUT2D eigenvalue weighted by molar-refractivity contribution is 14.1. The smallest absolute Gasteiger partial charge is 0.156 e. The number of rotatable bonds is 6. The van der Waals surface area contributed by atoms with Crippen molar-refractivity contribution in [2.75, 3.05) is 0 Å². The summed E-state index contributed by atoms with van der Waals surface area (Å²) in [6.45, 7) is 3.75. The van der Waals surface area contributed by atoms with Crippen LogP contribution in [-0.2, 0) is 4.79 Å². The number of alkyl halides is 1. The van der Waals surface area contributed by atoms with E-state index in [0.717, 1.165) is 10.0 Å². The van der Waals surface area contributed by atoms with Gasteiger partial charge in [-0.25, -0.2) is 0 Å². The van der Waals surface area contributed by atoms with Gasteiger partial charge in [0.05, 0.1) is 0 Å². The fourth-order valence-corrected chi connectivity index (χ4v) is 2.18. The molecule has 13 heavy (non-hydrogen) atoms. The molecule has 0 fully saturated rings. The second-order valence-electron chi connectivity index (χ2n) is 2.62. The Morgan fingerprint density at radius 3 is 2.77 bits per heavy atom. The zero-order chi connectivity index (χ0) is 10.3. The molecule has 0 heterocycles. The van der Waals surface area contributed by atoms with Gasteiger partial charge in [-0.2, -0.15) is 0 Å². The second-order valence-corrected chi connectivity index (χ2v) is 5.29. The second kappa shape index (κ2) is 8.00. The Morgan fingerprint density at radius 1 is 1.69 bits per heavy atom. The lowest BCUT2D eigenvalue weighted by molar-refractivity contribution is -0.114. The molecule has 1 unspecified atom stereocenters. The molecular formula is C9H11BrClIO. The van der Waals surface area contributed by atoms with Gasteiger partial charge in [0.1, 0.15) is 0 Å². The molecule has 0 aliphatic rings. The number of ketones is 1. The molecule has 0 aromatic rings. The Hall–Kier alpha value is 0.650. The van der Waals surface area contributed by atoms with Crippen LogP contribution in [0.1, 0.15) is 19.3 Å². The summed E-state index contributed by atoms with van der Waals surface area (Å²) in [4.78, 5) is 12.6. The first kappa shape index (κ1) is 13.7. The number of hydrogen-bond donors (Lipinski definition) is 0. The molecule has 0 aliphatic carbocycles.